The maximum atomic E-state index is 12.0. The van der Waals surface area contributed by atoms with E-state index in [0.29, 0.717) is 27.8 Å². The summed E-state index contributed by atoms with van der Waals surface area (Å²) in [7, 11) is 0. The van der Waals surface area contributed by atoms with E-state index in [1.165, 1.54) is 0 Å². The minimum absolute atomic E-state index is 0.118. The number of hydrogen-bond acceptors (Lipinski definition) is 8. The maximum Gasteiger partial charge on any atom is 0.352 e. The molecule has 0 radical (unpaired) electrons. The first-order chi connectivity index (χ1) is 11.2. The number of aryl methyl sites for hydroxylation is 1. The van der Waals surface area contributed by atoms with Crippen LogP contribution in [0, 0.1) is 0 Å². The Balaban J connectivity index is 1.67. The summed E-state index contributed by atoms with van der Waals surface area (Å²) in [6, 6.07) is 7.07. The van der Waals surface area contributed by atoms with Crippen LogP contribution in [0.15, 0.2) is 28.8 Å². The topological polar surface area (TPSA) is 91.0 Å². The van der Waals surface area contributed by atoms with E-state index in [9.17, 15) is 4.79 Å². The molecule has 0 bridgehead atoms. The van der Waals surface area contributed by atoms with Crippen LogP contribution in [0.25, 0.3) is 11.4 Å². The number of hydrogen-bond donors (Lipinski definition) is 0. The molecular weight excluding hydrogens is 340 g/mol. The van der Waals surface area contributed by atoms with Crippen molar-refractivity contribution in [2.75, 3.05) is 0 Å². The first kappa shape index (κ1) is 15.6. The summed E-state index contributed by atoms with van der Waals surface area (Å²) in [5.74, 6) is 0.0791. The highest BCUT2D eigenvalue weighted by Crippen LogP contribution is 2.20. The molecule has 0 spiro atoms. The number of esters is 1. The van der Waals surface area contributed by atoms with Gasteiger partial charge >= 0.3 is 5.97 Å². The van der Waals surface area contributed by atoms with E-state index in [0.717, 1.165) is 17.1 Å². The second kappa shape index (κ2) is 6.84. The zero-order valence-electron chi connectivity index (χ0n) is 12.0. The van der Waals surface area contributed by atoms with Crippen molar-refractivity contribution in [2.45, 2.75) is 20.0 Å². The second-order valence-corrected chi connectivity index (χ2v) is 5.69. The highest BCUT2D eigenvalue weighted by atomic mass is 35.5. The lowest BCUT2D eigenvalue weighted by atomic mass is 10.2. The van der Waals surface area contributed by atoms with Gasteiger partial charge in [-0.05, 0) is 30.1 Å². The Morgan fingerprint density at radius 2 is 2.30 bits per heavy atom. The van der Waals surface area contributed by atoms with Crippen LogP contribution in [0.1, 0.15) is 28.2 Å². The average Bonchev–Trinajstić information content (AvgIpc) is 3.21. The standard InChI is InChI=1S/C14H11ClN4O3S/c1-2-10-12(23-19-17-10)14(20)21-7-11-16-13(18-22-11)8-4-3-5-9(15)6-8/h3-6H,2,7H2,1H3. The van der Waals surface area contributed by atoms with Gasteiger partial charge in [0.25, 0.3) is 5.89 Å². The SMILES string of the molecule is CCc1nnsc1C(=O)OCc1nc(-c2cccc(Cl)c2)no1. The molecule has 3 aromatic rings. The summed E-state index contributed by atoms with van der Waals surface area (Å²) in [4.78, 5) is 16.5. The minimum atomic E-state index is -0.501. The van der Waals surface area contributed by atoms with Crippen molar-refractivity contribution in [1.29, 1.82) is 0 Å². The third kappa shape index (κ3) is 3.54. The van der Waals surface area contributed by atoms with Gasteiger partial charge in [0.15, 0.2) is 11.5 Å². The molecule has 2 aromatic heterocycles. The monoisotopic (exact) mass is 350 g/mol. The predicted molar refractivity (Wildman–Crippen MR) is 83.2 cm³/mol. The maximum absolute atomic E-state index is 12.0. The highest BCUT2D eigenvalue weighted by Gasteiger charge is 2.18. The quantitative estimate of drug-likeness (QED) is 0.652. The molecule has 7 nitrogen and oxygen atoms in total. The lowest BCUT2D eigenvalue weighted by Gasteiger charge is -1.99. The van der Waals surface area contributed by atoms with Crippen molar-refractivity contribution >= 4 is 29.1 Å². The number of aromatic nitrogens is 4. The third-order valence-corrected chi connectivity index (χ3v) is 3.94. The van der Waals surface area contributed by atoms with Gasteiger partial charge in [-0.15, -0.1) is 5.10 Å². The summed E-state index contributed by atoms with van der Waals surface area (Å²) in [5, 5.41) is 8.28. The molecule has 0 amide bonds. The molecule has 1 aromatic carbocycles. The molecule has 23 heavy (non-hydrogen) atoms. The van der Waals surface area contributed by atoms with Crippen molar-refractivity contribution < 1.29 is 14.1 Å². The van der Waals surface area contributed by atoms with Gasteiger partial charge in [0.05, 0.1) is 5.69 Å². The molecule has 0 aliphatic carbocycles. The van der Waals surface area contributed by atoms with E-state index in [1.54, 1.807) is 18.2 Å². The number of rotatable bonds is 5. The van der Waals surface area contributed by atoms with E-state index in [-0.39, 0.29) is 12.5 Å². The van der Waals surface area contributed by atoms with Crippen molar-refractivity contribution in [3.63, 3.8) is 0 Å². The largest absolute Gasteiger partial charge is 0.451 e. The zero-order valence-corrected chi connectivity index (χ0v) is 13.6. The number of carbonyl (C=O) groups is 1. The van der Waals surface area contributed by atoms with Crippen molar-refractivity contribution in [2.24, 2.45) is 0 Å². The lowest BCUT2D eigenvalue weighted by Crippen LogP contribution is -2.06. The predicted octanol–water partition coefficient (Wildman–Crippen LogP) is 3.16. The van der Waals surface area contributed by atoms with Gasteiger partial charge in [-0.25, -0.2) is 4.79 Å². The molecule has 9 heteroatoms. The Labute approximate surface area is 140 Å². The molecule has 0 saturated heterocycles. The Morgan fingerprint density at radius 1 is 1.43 bits per heavy atom. The average molecular weight is 351 g/mol. The molecule has 0 fully saturated rings. The normalized spacial score (nSPS) is 10.7. The first-order valence-corrected chi connectivity index (χ1v) is 7.89. The van der Waals surface area contributed by atoms with Gasteiger partial charge < -0.3 is 9.26 Å². The molecule has 3 rings (SSSR count). The van der Waals surface area contributed by atoms with E-state index >= 15 is 0 Å². The van der Waals surface area contributed by atoms with E-state index in [4.69, 9.17) is 20.9 Å². The Kier molecular flexibility index (Phi) is 4.63. The van der Waals surface area contributed by atoms with Crippen LogP contribution in [0.2, 0.25) is 5.02 Å². The number of benzene rings is 1. The molecule has 118 valence electrons. The van der Waals surface area contributed by atoms with Crippen molar-refractivity contribution in [1.82, 2.24) is 19.7 Å². The Hall–Kier alpha value is -2.32. The number of carbonyl (C=O) groups excluding carboxylic acids is 1. The van der Waals surface area contributed by atoms with E-state index in [2.05, 4.69) is 19.7 Å². The van der Waals surface area contributed by atoms with Crippen LogP contribution in [0.5, 0.6) is 0 Å². The van der Waals surface area contributed by atoms with Gasteiger partial charge in [-0.1, -0.05) is 40.3 Å². The molecule has 0 aliphatic heterocycles. The summed E-state index contributed by atoms with van der Waals surface area (Å²) >= 11 is 6.93. The minimum Gasteiger partial charge on any atom is -0.451 e. The fraction of sp³-hybridized carbons (Fsp3) is 0.214. The highest BCUT2D eigenvalue weighted by molar-refractivity contribution is 7.07. The Bertz CT molecular complexity index is 833. The fourth-order valence-corrected chi connectivity index (χ4v) is 2.68. The van der Waals surface area contributed by atoms with Gasteiger partial charge in [0.1, 0.15) is 0 Å². The number of nitrogens with zero attached hydrogens (tertiary/aromatic N) is 4. The lowest BCUT2D eigenvalue weighted by molar-refractivity contribution is 0.0434. The Morgan fingerprint density at radius 3 is 3.09 bits per heavy atom. The van der Waals surface area contributed by atoms with Gasteiger partial charge in [-0.2, -0.15) is 4.98 Å². The molecule has 0 N–H and O–H groups in total. The molecule has 0 aliphatic rings. The van der Waals surface area contributed by atoms with Gasteiger partial charge in [0.2, 0.25) is 5.82 Å². The van der Waals surface area contributed by atoms with Crippen LogP contribution in [0.3, 0.4) is 0 Å². The van der Waals surface area contributed by atoms with Crippen LogP contribution in [-0.4, -0.2) is 25.7 Å². The zero-order chi connectivity index (χ0) is 16.2. The van der Waals surface area contributed by atoms with E-state index in [1.807, 2.05) is 13.0 Å². The van der Waals surface area contributed by atoms with Crippen molar-refractivity contribution in [3.05, 3.63) is 45.7 Å². The second-order valence-electron chi connectivity index (χ2n) is 4.50. The van der Waals surface area contributed by atoms with Crippen LogP contribution in [0.4, 0.5) is 0 Å². The first-order valence-electron chi connectivity index (χ1n) is 6.74. The summed E-state index contributed by atoms with van der Waals surface area (Å²) in [6.45, 7) is 1.77. The molecular formula is C14H11ClN4O3S. The number of halogens is 1. The molecule has 0 atom stereocenters. The van der Waals surface area contributed by atoms with Crippen molar-refractivity contribution in [3.8, 4) is 11.4 Å². The smallest absolute Gasteiger partial charge is 0.352 e. The van der Waals surface area contributed by atoms with Crippen LogP contribution >= 0.6 is 23.1 Å². The molecule has 0 saturated carbocycles. The van der Waals surface area contributed by atoms with Crippen LogP contribution < -0.4 is 0 Å². The molecule has 2 heterocycles. The fourth-order valence-electron chi connectivity index (χ4n) is 1.85. The molecule has 0 unspecified atom stereocenters. The summed E-state index contributed by atoms with van der Waals surface area (Å²) in [5.41, 5.74) is 1.34. The van der Waals surface area contributed by atoms with Gasteiger partial charge in [0, 0.05) is 10.6 Å². The van der Waals surface area contributed by atoms with Crippen LogP contribution in [-0.2, 0) is 17.8 Å². The summed E-state index contributed by atoms with van der Waals surface area (Å²) < 4.78 is 14.0. The summed E-state index contributed by atoms with van der Waals surface area (Å²) in [6.07, 6.45) is 0.612. The number of ether oxygens (including phenoxy) is 1. The van der Waals surface area contributed by atoms with Gasteiger partial charge in [-0.3, -0.25) is 0 Å². The van der Waals surface area contributed by atoms with E-state index < -0.39 is 5.97 Å². The third-order valence-electron chi connectivity index (χ3n) is 2.95.